The van der Waals surface area contributed by atoms with E-state index in [2.05, 4.69) is 23.7 Å². The number of hydrogen-bond acceptors (Lipinski definition) is 3. The number of pyridine rings is 1. The smallest absolute Gasteiger partial charge is 0.339 e. The lowest BCUT2D eigenvalue weighted by Crippen LogP contribution is -2.28. The molecule has 0 atom stereocenters. The second-order valence-electron chi connectivity index (χ2n) is 6.59. The van der Waals surface area contributed by atoms with Gasteiger partial charge in [0, 0.05) is 18.8 Å². The summed E-state index contributed by atoms with van der Waals surface area (Å²) >= 11 is 0. The minimum atomic E-state index is -0.881. The maximum Gasteiger partial charge on any atom is 0.339 e. The molecule has 0 aromatic carbocycles. The largest absolute Gasteiger partial charge is 0.478 e. The van der Waals surface area contributed by atoms with Crippen molar-refractivity contribution < 1.29 is 9.90 Å². The first-order valence-corrected chi connectivity index (χ1v) is 7.27. The second-order valence-corrected chi connectivity index (χ2v) is 6.59. The lowest BCUT2D eigenvalue weighted by molar-refractivity contribution is 0.0696. The summed E-state index contributed by atoms with van der Waals surface area (Å²) < 4.78 is 0. The molecule has 4 nitrogen and oxygen atoms in total. The van der Waals surface area contributed by atoms with Gasteiger partial charge >= 0.3 is 5.97 Å². The number of anilines is 1. The highest BCUT2D eigenvalue weighted by molar-refractivity contribution is 5.95. The van der Waals surface area contributed by atoms with Crippen molar-refractivity contribution in [2.45, 2.75) is 47.0 Å². The van der Waals surface area contributed by atoms with Crippen LogP contribution in [0.5, 0.6) is 0 Å². The molecule has 110 valence electrons. The summed E-state index contributed by atoms with van der Waals surface area (Å²) in [5, 5.41) is 9.47. The van der Waals surface area contributed by atoms with Crippen LogP contribution in [0.2, 0.25) is 0 Å². The van der Waals surface area contributed by atoms with E-state index in [0.29, 0.717) is 16.8 Å². The fourth-order valence-electron chi connectivity index (χ4n) is 2.94. The van der Waals surface area contributed by atoms with Crippen LogP contribution in [-0.4, -0.2) is 29.1 Å². The molecule has 0 spiro atoms. The van der Waals surface area contributed by atoms with Gasteiger partial charge < -0.3 is 10.0 Å². The molecule has 20 heavy (non-hydrogen) atoms. The van der Waals surface area contributed by atoms with Crippen LogP contribution in [0.3, 0.4) is 0 Å². The standard InChI is InChI=1S/C16H24N2O2/c1-11-10-12(2)17-14(13(11)15(19)20)18-8-5-6-16(3,4)7-9-18/h10H,5-9H2,1-4H3,(H,19,20). The highest BCUT2D eigenvalue weighted by Gasteiger charge is 2.26. The molecular formula is C16H24N2O2. The number of nitrogens with zero attached hydrogens (tertiary/aromatic N) is 2. The number of aryl methyl sites for hydroxylation is 2. The van der Waals surface area contributed by atoms with Crippen molar-refractivity contribution in [1.82, 2.24) is 4.98 Å². The Hall–Kier alpha value is -1.58. The van der Waals surface area contributed by atoms with Crippen LogP contribution < -0.4 is 4.90 Å². The van der Waals surface area contributed by atoms with E-state index in [9.17, 15) is 9.90 Å². The number of carboxylic acid groups (broad SMARTS) is 1. The van der Waals surface area contributed by atoms with Gasteiger partial charge in [0.2, 0.25) is 0 Å². The summed E-state index contributed by atoms with van der Waals surface area (Å²) in [5.74, 6) is -0.235. The minimum Gasteiger partial charge on any atom is -0.478 e. The number of aromatic nitrogens is 1. The quantitative estimate of drug-likeness (QED) is 0.899. The van der Waals surface area contributed by atoms with Crippen molar-refractivity contribution in [2.24, 2.45) is 5.41 Å². The lowest BCUT2D eigenvalue weighted by Gasteiger charge is -2.26. The van der Waals surface area contributed by atoms with Gasteiger partial charge in [-0.05, 0) is 50.2 Å². The molecule has 0 unspecified atom stereocenters. The topological polar surface area (TPSA) is 53.4 Å². The van der Waals surface area contributed by atoms with Gasteiger partial charge in [-0.1, -0.05) is 13.8 Å². The van der Waals surface area contributed by atoms with Gasteiger partial charge in [-0.25, -0.2) is 9.78 Å². The number of aromatic carboxylic acids is 1. The molecule has 2 heterocycles. The maximum atomic E-state index is 11.5. The molecule has 1 saturated heterocycles. The first kappa shape index (κ1) is 14.8. The Kier molecular flexibility index (Phi) is 4.02. The van der Waals surface area contributed by atoms with E-state index in [-0.39, 0.29) is 0 Å². The molecule has 4 heteroatoms. The van der Waals surface area contributed by atoms with Crippen LogP contribution in [0.25, 0.3) is 0 Å². The number of hydrogen-bond donors (Lipinski definition) is 1. The van der Waals surface area contributed by atoms with Crippen LogP contribution in [0, 0.1) is 19.3 Å². The zero-order chi connectivity index (χ0) is 14.9. The zero-order valence-corrected chi connectivity index (χ0v) is 12.9. The van der Waals surface area contributed by atoms with Crippen LogP contribution in [-0.2, 0) is 0 Å². The van der Waals surface area contributed by atoms with Gasteiger partial charge in [0.15, 0.2) is 0 Å². The summed E-state index contributed by atoms with van der Waals surface area (Å²) in [7, 11) is 0. The van der Waals surface area contributed by atoms with Crippen molar-refractivity contribution in [3.05, 3.63) is 22.9 Å². The van der Waals surface area contributed by atoms with Crippen molar-refractivity contribution in [1.29, 1.82) is 0 Å². The monoisotopic (exact) mass is 276 g/mol. The molecule has 1 fully saturated rings. The zero-order valence-electron chi connectivity index (χ0n) is 12.9. The molecule has 1 aliphatic rings. The number of rotatable bonds is 2. The lowest BCUT2D eigenvalue weighted by atomic mass is 9.85. The predicted molar refractivity (Wildman–Crippen MR) is 80.5 cm³/mol. The average molecular weight is 276 g/mol. The normalized spacial score (nSPS) is 18.7. The Labute approximate surface area is 120 Å². The first-order chi connectivity index (χ1) is 9.30. The van der Waals surface area contributed by atoms with E-state index in [1.54, 1.807) is 0 Å². The number of carbonyl (C=O) groups is 1. The van der Waals surface area contributed by atoms with Gasteiger partial charge in [-0.2, -0.15) is 0 Å². The molecule has 0 aliphatic carbocycles. The molecule has 0 saturated carbocycles. The van der Waals surface area contributed by atoms with Crippen molar-refractivity contribution in [3.63, 3.8) is 0 Å². The van der Waals surface area contributed by atoms with E-state index < -0.39 is 5.97 Å². The summed E-state index contributed by atoms with van der Waals surface area (Å²) in [4.78, 5) is 18.2. The average Bonchev–Trinajstić information content (AvgIpc) is 2.48. The Bertz CT molecular complexity index is 523. The molecule has 1 aromatic rings. The minimum absolute atomic E-state index is 0.330. The molecule has 0 bridgehead atoms. The molecule has 0 amide bonds. The highest BCUT2D eigenvalue weighted by Crippen LogP contribution is 2.32. The van der Waals surface area contributed by atoms with Crippen LogP contribution >= 0.6 is 0 Å². The fourth-order valence-corrected chi connectivity index (χ4v) is 2.94. The first-order valence-electron chi connectivity index (χ1n) is 7.27. The van der Waals surface area contributed by atoms with Gasteiger partial charge in [0.05, 0.1) is 0 Å². The van der Waals surface area contributed by atoms with E-state index >= 15 is 0 Å². The van der Waals surface area contributed by atoms with Gasteiger partial charge in [0.25, 0.3) is 0 Å². The van der Waals surface area contributed by atoms with E-state index in [1.165, 1.54) is 6.42 Å². The molecule has 1 N–H and O–H groups in total. The molecular weight excluding hydrogens is 252 g/mol. The summed E-state index contributed by atoms with van der Waals surface area (Å²) in [6.07, 6.45) is 3.33. The molecule has 0 radical (unpaired) electrons. The molecule has 1 aromatic heterocycles. The number of carboxylic acids is 1. The Balaban J connectivity index is 2.39. The Morgan fingerprint density at radius 3 is 2.65 bits per heavy atom. The third kappa shape index (κ3) is 3.11. The molecule has 2 rings (SSSR count). The van der Waals surface area contributed by atoms with E-state index in [4.69, 9.17) is 0 Å². The van der Waals surface area contributed by atoms with E-state index in [1.807, 2.05) is 19.9 Å². The second kappa shape index (κ2) is 5.43. The van der Waals surface area contributed by atoms with Crippen molar-refractivity contribution >= 4 is 11.8 Å². The van der Waals surface area contributed by atoms with Crippen molar-refractivity contribution in [3.8, 4) is 0 Å². The van der Waals surface area contributed by atoms with Crippen LogP contribution in [0.1, 0.15) is 54.7 Å². The maximum absolute atomic E-state index is 11.5. The van der Waals surface area contributed by atoms with Gasteiger partial charge in [-0.3, -0.25) is 0 Å². The SMILES string of the molecule is Cc1cc(C)c(C(=O)O)c(N2CCCC(C)(C)CC2)n1. The summed E-state index contributed by atoms with van der Waals surface area (Å²) in [5.41, 5.74) is 2.36. The fraction of sp³-hybridized carbons (Fsp3) is 0.625. The summed E-state index contributed by atoms with van der Waals surface area (Å²) in [6.45, 7) is 10.1. The highest BCUT2D eigenvalue weighted by atomic mass is 16.4. The van der Waals surface area contributed by atoms with E-state index in [0.717, 1.165) is 37.2 Å². The predicted octanol–water partition coefficient (Wildman–Crippen LogP) is 3.41. The Morgan fingerprint density at radius 2 is 2.00 bits per heavy atom. The molecule has 1 aliphatic heterocycles. The third-order valence-electron chi connectivity index (χ3n) is 4.18. The van der Waals surface area contributed by atoms with Crippen LogP contribution in [0.4, 0.5) is 5.82 Å². The third-order valence-corrected chi connectivity index (χ3v) is 4.18. The summed E-state index contributed by atoms with van der Waals surface area (Å²) in [6, 6.07) is 1.84. The van der Waals surface area contributed by atoms with Gasteiger partial charge in [-0.15, -0.1) is 0 Å². The van der Waals surface area contributed by atoms with Crippen LogP contribution in [0.15, 0.2) is 6.07 Å². The van der Waals surface area contributed by atoms with Gasteiger partial charge in [0.1, 0.15) is 11.4 Å². The Morgan fingerprint density at radius 1 is 1.30 bits per heavy atom. The van der Waals surface area contributed by atoms with Crippen molar-refractivity contribution in [2.75, 3.05) is 18.0 Å².